The lowest BCUT2D eigenvalue weighted by atomic mass is 10.0. The highest BCUT2D eigenvalue weighted by Gasteiger charge is 2.36. The van der Waals surface area contributed by atoms with Crippen LogP contribution < -0.4 is 4.72 Å². The van der Waals surface area contributed by atoms with Gasteiger partial charge in [-0.1, -0.05) is 29.8 Å². The van der Waals surface area contributed by atoms with E-state index in [0.29, 0.717) is 5.56 Å². The number of carbonyl (C=O) groups excluding carboxylic acids is 2. The molecule has 260 valence electrons. The number of hydrogen-bond acceptors (Lipinski definition) is 11. The number of aromatic nitrogens is 2. The highest BCUT2D eigenvalue weighted by molar-refractivity contribution is 7.90. The van der Waals surface area contributed by atoms with Crippen LogP contribution in [0.25, 0.3) is 16.9 Å². The van der Waals surface area contributed by atoms with Gasteiger partial charge < -0.3 is 19.4 Å². The van der Waals surface area contributed by atoms with Gasteiger partial charge in [0.2, 0.25) is 5.28 Å². The lowest BCUT2D eigenvalue weighted by Crippen LogP contribution is -2.52. The quantitative estimate of drug-likeness (QED) is 0.0953. The number of carbonyl (C=O) groups is 2. The van der Waals surface area contributed by atoms with E-state index in [9.17, 15) is 36.4 Å². The normalized spacial score (nSPS) is 14.9. The topological polar surface area (TPSA) is 177 Å². The number of alkyl halides is 3. The van der Waals surface area contributed by atoms with E-state index in [1.807, 2.05) is 6.92 Å². The monoisotopic (exact) mass is 698 g/mol. The van der Waals surface area contributed by atoms with Crippen LogP contribution in [-0.4, -0.2) is 72.0 Å². The zero-order valence-electron chi connectivity index (χ0n) is 26.4. The molecule has 2 aromatic carbocycles. The average molecular weight is 699 g/mol. The van der Waals surface area contributed by atoms with Gasteiger partial charge in [-0.05, 0) is 58.0 Å². The van der Waals surface area contributed by atoms with Crippen LogP contribution in [0.2, 0.25) is 0 Å². The van der Waals surface area contributed by atoms with E-state index < -0.39 is 46.0 Å². The summed E-state index contributed by atoms with van der Waals surface area (Å²) in [5.74, 6) is -0.335. The Hall–Kier alpha value is -5.07. The Labute approximate surface area is 273 Å². The molecule has 0 radical (unpaired) electrons. The van der Waals surface area contributed by atoms with Crippen LogP contribution in [0.15, 0.2) is 64.8 Å². The van der Waals surface area contributed by atoms with Crippen LogP contribution in [0.1, 0.15) is 39.0 Å². The Bertz CT molecular complexity index is 1750. The van der Waals surface area contributed by atoms with Gasteiger partial charge in [0.05, 0.1) is 40.9 Å². The fraction of sp³-hybridized carbons (Fsp3) is 0.414. The van der Waals surface area contributed by atoms with Crippen molar-refractivity contribution < 1.29 is 55.2 Å². The van der Waals surface area contributed by atoms with Crippen molar-refractivity contribution in [3.05, 3.63) is 71.1 Å². The maximum Gasteiger partial charge on any atom is 0.511 e. The minimum atomic E-state index is -4.72. The van der Waals surface area contributed by atoms with Gasteiger partial charge in [-0.15, -0.1) is 5.01 Å². The number of hydrogen-bond donors (Lipinski definition) is 1. The van der Waals surface area contributed by atoms with E-state index >= 15 is 0 Å². The maximum atomic E-state index is 13.5. The van der Waals surface area contributed by atoms with Gasteiger partial charge in [0, 0.05) is 18.4 Å². The number of hydrazine groups is 1. The van der Waals surface area contributed by atoms with E-state index in [2.05, 4.69) is 10.4 Å². The molecule has 1 unspecified atom stereocenters. The summed E-state index contributed by atoms with van der Waals surface area (Å²) >= 11 is 0. The van der Waals surface area contributed by atoms with E-state index in [-0.39, 0.29) is 46.9 Å². The number of halogens is 3. The molecule has 1 atom stereocenters. The molecular weight excluding hydrogens is 665 g/mol. The number of nitrogens with zero attached hydrogens (tertiary/aromatic N) is 5. The van der Waals surface area contributed by atoms with E-state index in [0.717, 1.165) is 28.4 Å². The first-order valence-corrected chi connectivity index (χ1v) is 15.8. The van der Waals surface area contributed by atoms with Crippen LogP contribution in [0.4, 0.5) is 22.8 Å². The lowest BCUT2D eigenvalue weighted by molar-refractivity contribution is -0.728. The largest absolute Gasteiger partial charge is 0.569 e. The third-order valence-corrected chi connectivity index (χ3v) is 7.83. The second-order valence-corrected chi connectivity index (χ2v) is 13.4. The summed E-state index contributed by atoms with van der Waals surface area (Å²) in [4.78, 5) is 28.5. The Morgan fingerprint density at radius 2 is 1.73 bits per heavy atom. The molecular formula is C29H33F3N6O9S. The first-order chi connectivity index (χ1) is 22.3. The number of benzene rings is 2. The molecule has 3 aromatic rings. The predicted molar refractivity (Wildman–Crippen MR) is 159 cm³/mol. The molecule has 1 amide bonds. The minimum Gasteiger partial charge on any atom is -0.569 e. The third-order valence-electron chi connectivity index (χ3n) is 6.50. The molecule has 0 bridgehead atoms. The standard InChI is InChI=1S/C29H33F3N6O9S/c1-18-6-8-21(9-7-18)24-14-25(29(30,31)32)33-37(24)22-10-12-23(13-11-22)48(42,43)34-26(39)44-17-20-15-36(16-20)38(41)35-47-19(2)45-27(40)46-28(3,4)5/h6-14,19-20H,15-17H2,1-5H3,(H,34,39)/b38-35-. The number of nitrogens with one attached hydrogen (secondary N) is 1. The van der Waals surface area contributed by atoms with Crippen molar-refractivity contribution >= 4 is 22.3 Å². The fourth-order valence-corrected chi connectivity index (χ4v) is 5.07. The average Bonchev–Trinajstić information content (AvgIpc) is 3.41. The Morgan fingerprint density at radius 3 is 2.31 bits per heavy atom. The van der Waals surface area contributed by atoms with Crippen LogP contribution in [-0.2, 0) is 35.2 Å². The zero-order chi connectivity index (χ0) is 35.4. The molecule has 48 heavy (non-hydrogen) atoms. The van der Waals surface area contributed by atoms with Crippen LogP contribution in [0.3, 0.4) is 0 Å². The van der Waals surface area contributed by atoms with Gasteiger partial charge in [0.25, 0.3) is 16.3 Å². The summed E-state index contributed by atoms with van der Waals surface area (Å²) < 4.78 is 83.6. The molecule has 4 rings (SSSR count). The van der Waals surface area contributed by atoms with Crippen LogP contribution in [0.5, 0.6) is 0 Å². The Morgan fingerprint density at radius 1 is 1.10 bits per heavy atom. The minimum absolute atomic E-state index is 0.0905. The van der Waals surface area contributed by atoms with E-state index in [1.54, 1.807) is 49.8 Å². The molecule has 15 nitrogen and oxygen atoms in total. The van der Waals surface area contributed by atoms with Crippen molar-refractivity contribution in [1.82, 2.24) is 19.5 Å². The lowest BCUT2D eigenvalue weighted by Gasteiger charge is -2.33. The first-order valence-electron chi connectivity index (χ1n) is 14.3. The van der Waals surface area contributed by atoms with E-state index in [1.165, 1.54) is 24.1 Å². The number of rotatable bonds is 10. The van der Waals surface area contributed by atoms with Crippen molar-refractivity contribution in [3.63, 3.8) is 0 Å². The number of sulfonamides is 1. The summed E-state index contributed by atoms with van der Waals surface area (Å²) in [6.45, 7) is 8.03. The van der Waals surface area contributed by atoms with Crippen LogP contribution in [0, 0.1) is 18.0 Å². The molecule has 2 heterocycles. The second kappa shape index (κ2) is 14.0. The summed E-state index contributed by atoms with van der Waals surface area (Å²) in [7, 11) is -4.42. The Kier molecular flexibility index (Phi) is 10.4. The highest BCUT2D eigenvalue weighted by atomic mass is 32.2. The number of aryl methyl sites for hydroxylation is 1. The van der Waals surface area contributed by atoms with Crippen molar-refractivity contribution in [3.8, 4) is 16.9 Å². The first kappa shape index (κ1) is 35.8. The molecule has 0 spiro atoms. The SMILES string of the molecule is Cc1ccc(-c2cc(C(F)(F)F)nn2-c2ccc(S(=O)(=O)NC(=O)OCC3CN(/[N+]([O-])=N/OC(C)OC(=O)OC(C)(C)C)C3)cc2)cc1. The van der Waals surface area contributed by atoms with Gasteiger partial charge in [0.15, 0.2) is 5.69 Å². The van der Waals surface area contributed by atoms with Crippen molar-refractivity contribution in [2.75, 3.05) is 19.7 Å². The second-order valence-electron chi connectivity index (χ2n) is 11.7. The van der Waals surface area contributed by atoms with Gasteiger partial charge >= 0.3 is 18.4 Å². The van der Waals surface area contributed by atoms with Crippen molar-refractivity contribution in [2.24, 2.45) is 11.2 Å². The molecule has 1 aliphatic rings. The molecule has 1 fully saturated rings. The van der Waals surface area contributed by atoms with Crippen molar-refractivity contribution in [1.29, 1.82) is 0 Å². The highest BCUT2D eigenvalue weighted by Crippen LogP contribution is 2.33. The molecule has 0 saturated carbocycles. The van der Waals surface area contributed by atoms with Crippen molar-refractivity contribution in [2.45, 2.75) is 57.6 Å². The predicted octanol–water partition coefficient (Wildman–Crippen LogP) is 5.32. The smallest absolute Gasteiger partial charge is 0.511 e. The maximum absolute atomic E-state index is 13.5. The summed E-state index contributed by atoms with van der Waals surface area (Å²) in [5, 5.41) is 20.2. The molecule has 0 aliphatic carbocycles. The van der Waals surface area contributed by atoms with Gasteiger partial charge in [-0.2, -0.15) is 18.3 Å². The zero-order valence-corrected chi connectivity index (χ0v) is 27.2. The van der Waals surface area contributed by atoms with Crippen LogP contribution >= 0.6 is 0 Å². The van der Waals surface area contributed by atoms with E-state index in [4.69, 9.17) is 19.0 Å². The number of ether oxygens (including phenoxy) is 3. The molecule has 1 aliphatic heterocycles. The summed E-state index contributed by atoms with van der Waals surface area (Å²) in [6, 6.07) is 12.4. The molecule has 1 aromatic heterocycles. The van der Waals surface area contributed by atoms with Gasteiger partial charge in [-0.25, -0.2) is 27.4 Å². The number of amides is 1. The third kappa shape index (κ3) is 9.49. The molecule has 19 heteroatoms. The van der Waals surface area contributed by atoms with Gasteiger partial charge in [-0.3, -0.25) is 4.84 Å². The Balaban J connectivity index is 1.29. The fourth-order valence-electron chi connectivity index (χ4n) is 4.18. The summed E-state index contributed by atoms with van der Waals surface area (Å²) in [6.07, 6.45) is -8.22. The molecule has 1 N–H and O–H groups in total. The summed E-state index contributed by atoms with van der Waals surface area (Å²) in [5.41, 5.74) is -0.265. The van der Waals surface area contributed by atoms with Gasteiger partial charge in [0.1, 0.15) is 5.60 Å². The molecule has 1 saturated heterocycles.